The molecule has 4 nitrogen and oxygen atoms in total. The van der Waals surface area contributed by atoms with E-state index >= 15 is 0 Å². The maximum absolute atomic E-state index is 12.1. The molecule has 5 heteroatoms. The zero-order valence-corrected chi connectivity index (χ0v) is 10.7. The first-order valence-electron chi connectivity index (χ1n) is 5.63. The Bertz CT molecular complexity index is 385. The highest BCUT2D eigenvalue weighted by atomic mass is 35.5. The predicted octanol–water partition coefficient (Wildman–Crippen LogP) is 2.60. The van der Waals surface area contributed by atoms with E-state index in [0.717, 1.165) is 25.7 Å². The summed E-state index contributed by atoms with van der Waals surface area (Å²) in [5, 5.41) is 2.89. The van der Waals surface area contributed by atoms with Crippen molar-refractivity contribution in [3.63, 3.8) is 0 Å². The summed E-state index contributed by atoms with van der Waals surface area (Å²) in [7, 11) is 0. The molecular formula is C12H18ClN3O. The molecule has 0 radical (unpaired) electrons. The topological polar surface area (TPSA) is 68.0 Å². The molecule has 0 unspecified atom stereocenters. The highest BCUT2D eigenvalue weighted by Gasteiger charge is 2.36. The Morgan fingerprint density at radius 1 is 1.41 bits per heavy atom. The minimum atomic E-state index is -0.207. The van der Waals surface area contributed by atoms with Gasteiger partial charge in [0.25, 0.3) is 0 Å². The van der Waals surface area contributed by atoms with Crippen LogP contribution in [0.25, 0.3) is 0 Å². The maximum atomic E-state index is 12.1. The quantitative estimate of drug-likeness (QED) is 0.854. The molecule has 1 aliphatic rings. The van der Waals surface area contributed by atoms with Crippen molar-refractivity contribution in [3.8, 4) is 0 Å². The summed E-state index contributed by atoms with van der Waals surface area (Å²) in [6.45, 7) is 2.03. The Kier molecular flexibility index (Phi) is 4.34. The minimum absolute atomic E-state index is 0. The van der Waals surface area contributed by atoms with E-state index in [1.165, 1.54) is 0 Å². The number of hydrogen-bond acceptors (Lipinski definition) is 3. The SMILES string of the molecule is CC1(C(=O)Nc2ccc(N)nc2)CCCC1.Cl. The number of nitrogens with one attached hydrogen (secondary N) is 1. The van der Waals surface area contributed by atoms with Gasteiger partial charge >= 0.3 is 0 Å². The van der Waals surface area contributed by atoms with Crippen LogP contribution in [0.2, 0.25) is 0 Å². The van der Waals surface area contributed by atoms with Gasteiger partial charge in [-0.2, -0.15) is 0 Å². The zero-order valence-electron chi connectivity index (χ0n) is 9.90. The Hall–Kier alpha value is -1.29. The summed E-state index contributed by atoms with van der Waals surface area (Å²) in [5.41, 5.74) is 5.99. The fourth-order valence-electron chi connectivity index (χ4n) is 2.14. The first kappa shape index (κ1) is 13.8. The van der Waals surface area contributed by atoms with Gasteiger partial charge in [-0.15, -0.1) is 12.4 Å². The molecule has 0 saturated heterocycles. The summed E-state index contributed by atoms with van der Waals surface area (Å²) >= 11 is 0. The van der Waals surface area contributed by atoms with Crippen LogP contribution in [0, 0.1) is 5.41 Å². The third kappa shape index (κ3) is 3.09. The van der Waals surface area contributed by atoms with Gasteiger partial charge in [0.15, 0.2) is 0 Å². The first-order valence-corrected chi connectivity index (χ1v) is 5.63. The van der Waals surface area contributed by atoms with Crippen molar-refractivity contribution >= 4 is 29.8 Å². The highest BCUT2D eigenvalue weighted by molar-refractivity contribution is 5.95. The molecule has 0 aromatic carbocycles. The molecule has 1 heterocycles. The second kappa shape index (κ2) is 5.36. The molecule has 0 bridgehead atoms. The van der Waals surface area contributed by atoms with E-state index < -0.39 is 0 Å². The number of aromatic nitrogens is 1. The van der Waals surface area contributed by atoms with Crippen LogP contribution in [-0.4, -0.2) is 10.9 Å². The van der Waals surface area contributed by atoms with Crippen LogP contribution >= 0.6 is 12.4 Å². The number of carbonyl (C=O) groups excluding carboxylic acids is 1. The summed E-state index contributed by atoms with van der Waals surface area (Å²) in [4.78, 5) is 16.0. The van der Waals surface area contributed by atoms with Gasteiger partial charge in [-0.3, -0.25) is 4.79 Å². The van der Waals surface area contributed by atoms with E-state index in [2.05, 4.69) is 10.3 Å². The van der Waals surface area contributed by atoms with Crippen LogP contribution in [0.3, 0.4) is 0 Å². The number of hydrogen-bond donors (Lipinski definition) is 2. The number of rotatable bonds is 2. The molecule has 1 fully saturated rings. The molecule has 1 amide bonds. The Morgan fingerprint density at radius 3 is 2.59 bits per heavy atom. The normalized spacial score (nSPS) is 17.2. The smallest absolute Gasteiger partial charge is 0.230 e. The van der Waals surface area contributed by atoms with Gasteiger partial charge in [-0.05, 0) is 25.0 Å². The fourth-order valence-corrected chi connectivity index (χ4v) is 2.14. The lowest BCUT2D eigenvalue weighted by atomic mass is 9.88. The number of nitrogen functional groups attached to an aromatic ring is 1. The summed E-state index contributed by atoms with van der Waals surface area (Å²) in [6, 6.07) is 3.46. The lowest BCUT2D eigenvalue weighted by Crippen LogP contribution is -2.30. The molecule has 17 heavy (non-hydrogen) atoms. The fraction of sp³-hybridized carbons (Fsp3) is 0.500. The number of carbonyl (C=O) groups is 1. The van der Waals surface area contributed by atoms with E-state index in [4.69, 9.17) is 5.73 Å². The second-order valence-electron chi connectivity index (χ2n) is 4.69. The summed E-state index contributed by atoms with van der Waals surface area (Å²) in [6.07, 6.45) is 5.82. The molecule has 3 N–H and O–H groups in total. The summed E-state index contributed by atoms with van der Waals surface area (Å²) in [5.74, 6) is 0.557. The second-order valence-corrected chi connectivity index (χ2v) is 4.69. The number of halogens is 1. The third-order valence-electron chi connectivity index (χ3n) is 3.30. The number of amides is 1. The summed E-state index contributed by atoms with van der Waals surface area (Å²) < 4.78 is 0. The molecule has 1 saturated carbocycles. The van der Waals surface area contributed by atoms with E-state index in [9.17, 15) is 4.79 Å². The van der Waals surface area contributed by atoms with E-state index in [1.807, 2.05) is 6.92 Å². The minimum Gasteiger partial charge on any atom is -0.384 e. The predicted molar refractivity (Wildman–Crippen MR) is 71.1 cm³/mol. The lowest BCUT2D eigenvalue weighted by Gasteiger charge is -2.22. The van der Waals surface area contributed by atoms with Crippen molar-refractivity contribution in [3.05, 3.63) is 18.3 Å². The zero-order chi connectivity index (χ0) is 11.6. The molecule has 1 aliphatic carbocycles. The van der Waals surface area contributed by atoms with Gasteiger partial charge in [0.05, 0.1) is 11.9 Å². The molecule has 0 atom stereocenters. The number of anilines is 2. The molecule has 2 rings (SSSR count). The van der Waals surface area contributed by atoms with Crippen molar-refractivity contribution in [1.29, 1.82) is 0 Å². The number of nitrogens with two attached hydrogens (primary N) is 1. The van der Waals surface area contributed by atoms with Crippen LogP contribution in [0.15, 0.2) is 18.3 Å². The molecule has 1 aromatic heterocycles. The average molecular weight is 256 g/mol. The third-order valence-corrected chi connectivity index (χ3v) is 3.30. The van der Waals surface area contributed by atoms with Crippen LogP contribution in [-0.2, 0) is 4.79 Å². The standard InChI is InChI=1S/C12H17N3O.ClH/c1-12(6-2-3-7-12)11(16)15-9-4-5-10(13)14-8-9;/h4-5,8H,2-3,6-7H2,1H3,(H2,13,14)(H,15,16);1H. The van der Waals surface area contributed by atoms with Crippen LogP contribution in [0.1, 0.15) is 32.6 Å². The number of nitrogens with zero attached hydrogens (tertiary/aromatic N) is 1. The van der Waals surface area contributed by atoms with Gasteiger partial charge in [-0.1, -0.05) is 19.8 Å². The van der Waals surface area contributed by atoms with Crippen molar-refractivity contribution < 1.29 is 4.79 Å². The van der Waals surface area contributed by atoms with Crippen LogP contribution in [0.5, 0.6) is 0 Å². The van der Waals surface area contributed by atoms with Gasteiger partial charge in [0.1, 0.15) is 5.82 Å². The van der Waals surface area contributed by atoms with E-state index in [-0.39, 0.29) is 23.7 Å². The first-order chi connectivity index (χ1) is 7.60. The average Bonchev–Trinajstić information content (AvgIpc) is 2.70. The van der Waals surface area contributed by atoms with Gasteiger partial charge in [-0.25, -0.2) is 4.98 Å². The highest BCUT2D eigenvalue weighted by Crippen LogP contribution is 2.38. The van der Waals surface area contributed by atoms with Crippen molar-refractivity contribution in [2.24, 2.45) is 5.41 Å². The largest absolute Gasteiger partial charge is 0.384 e. The Morgan fingerprint density at radius 2 is 2.06 bits per heavy atom. The van der Waals surface area contributed by atoms with Crippen molar-refractivity contribution in [2.75, 3.05) is 11.1 Å². The molecule has 0 spiro atoms. The molecule has 94 valence electrons. The van der Waals surface area contributed by atoms with Crippen LogP contribution < -0.4 is 11.1 Å². The Balaban J connectivity index is 0.00000144. The van der Waals surface area contributed by atoms with Crippen LogP contribution in [0.4, 0.5) is 11.5 Å². The van der Waals surface area contributed by atoms with E-state index in [1.54, 1.807) is 18.3 Å². The lowest BCUT2D eigenvalue weighted by molar-refractivity contribution is -0.124. The van der Waals surface area contributed by atoms with E-state index in [0.29, 0.717) is 11.5 Å². The molecular weight excluding hydrogens is 238 g/mol. The van der Waals surface area contributed by atoms with Gasteiger partial charge in [0.2, 0.25) is 5.91 Å². The van der Waals surface area contributed by atoms with Crippen molar-refractivity contribution in [1.82, 2.24) is 4.98 Å². The maximum Gasteiger partial charge on any atom is 0.230 e. The number of pyridine rings is 1. The molecule has 0 aliphatic heterocycles. The monoisotopic (exact) mass is 255 g/mol. The molecule has 1 aromatic rings. The van der Waals surface area contributed by atoms with Crippen molar-refractivity contribution in [2.45, 2.75) is 32.6 Å². The van der Waals surface area contributed by atoms with Gasteiger partial charge in [0, 0.05) is 5.41 Å². The Labute approximate surface area is 107 Å². The van der Waals surface area contributed by atoms with Gasteiger partial charge < -0.3 is 11.1 Å².